The van der Waals surface area contributed by atoms with Crippen molar-refractivity contribution in [2.24, 2.45) is 12.8 Å². The van der Waals surface area contributed by atoms with E-state index in [0.717, 1.165) is 15.7 Å². The van der Waals surface area contributed by atoms with Gasteiger partial charge in [-0.1, -0.05) is 11.8 Å². The van der Waals surface area contributed by atoms with Gasteiger partial charge >= 0.3 is 0 Å². The fraction of sp³-hybridized carbons (Fsp3) is 0.273. The maximum atomic E-state index is 5.74. The molecule has 0 spiro atoms. The molecule has 0 amide bonds. The number of aromatic nitrogens is 3. The van der Waals surface area contributed by atoms with E-state index in [0.29, 0.717) is 0 Å². The molecule has 2 aromatic heterocycles. The molecule has 0 fully saturated rings. The minimum atomic E-state index is -0.0211. The van der Waals surface area contributed by atoms with Gasteiger partial charge in [0.1, 0.15) is 0 Å². The van der Waals surface area contributed by atoms with E-state index in [1.54, 1.807) is 18.0 Å². The maximum Gasteiger partial charge on any atom is 0.172 e. The van der Waals surface area contributed by atoms with E-state index in [1.807, 2.05) is 43.1 Å². The van der Waals surface area contributed by atoms with Crippen LogP contribution in [0.2, 0.25) is 0 Å². The summed E-state index contributed by atoms with van der Waals surface area (Å²) < 4.78 is 1.98. The highest BCUT2D eigenvalue weighted by atomic mass is 32.2. The minimum absolute atomic E-state index is 0.0211. The third-order valence-corrected chi connectivity index (χ3v) is 3.27. The Bertz CT molecular complexity index is 461. The van der Waals surface area contributed by atoms with Crippen LogP contribution in [0.5, 0.6) is 0 Å². The van der Waals surface area contributed by atoms with Crippen molar-refractivity contribution in [1.29, 1.82) is 0 Å². The summed E-state index contributed by atoms with van der Waals surface area (Å²) >= 11 is 1.59. The van der Waals surface area contributed by atoms with Crippen LogP contribution in [0, 0.1) is 0 Å². The zero-order chi connectivity index (χ0) is 11.5. The predicted molar refractivity (Wildman–Crippen MR) is 64.2 cm³/mol. The fourth-order valence-corrected chi connectivity index (χ4v) is 2.05. The first-order valence-electron chi connectivity index (χ1n) is 5.03. The molecule has 16 heavy (non-hydrogen) atoms. The summed E-state index contributed by atoms with van der Waals surface area (Å²) in [6, 6.07) is 3.95. The van der Waals surface area contributed by atoms with Gasteiger partial charge in [0.2, 0.25) is 0 Å². The van der Waals surface area contributed by atoms with Crippen molar-refractivity contribution in [2.75, 3.05) is 0 Å². The minimum Gasteiger partial charge on any atom is -0.329 e. The first-order valence-corrected chi connectivity index (χ1v) is 5.85. The van der Waals surface area contributed by atoms with Crippen LogP contribution in [0.25, 0.3) is 0 Å². The Labute approximate surface area is 98.9 Å². The van der Waals surface area contributed by atoms with Gasteiger partial charge in [0.25, 0.3) is 0 Å². The molecule has 0 radical (unpaired) electrons. The highest BCUT2D eigenvalue weighted by Crippen LogP contribution is 2.25. The van der Waals surface area contributed by atoms with Crippen molar-refractivity contribution < 1.29 is 0 Å². The van der Waals surface area contributed by atoms with Gasteiger partial charge in [-0.25, -0.2) is 4.98 Å². The summed E-state index contributed by atoms with van der Waals surface area (Å²) in [6.07, 6.45) is 5.54. The van der Waals surface area contributed by atoms with Gasteiger partial charge < -0.3 is 10.3 Å². The van der Waals surface area contributed by atoms with E-state index in [4.69, 9.17) is 5.73 Å². The molecular formula is C11H14N4S. The standard InChI is InChI=1S/C11H14N4S/c1-8(12)10-4-3-9(7-14-10)16-11-13-5-6-15(11)2/h3-8H,12H2,1-2H3. The van der Waals surface area contributed by atoms with Crippen LogP contribution in [0.1, 0.15) is 18.7 Å². The lowest BCUT2D eigenvalue weighted by Gasteiger charge is -2.05. The summed E-state index contributed by atoms with van der Waals surface area (Å²) in [5.74, 6) is 0. The van der Waals surface area contributed by atoms with E-state index in [-0.39, 0.29) is 6.04 Å². The smallest absolute Gasteiger partial charge is 0.172 e. The van der Waals surface area contributed by atoms with Gasteiger partial charge in [-0.2, -0.15) is 0 Å². The Morgan fingerprint density at radius 1 is 1.38 bits per heavy atom. The summed E-state index contributed by atoms with van der Waals surface area (Å²) in [4.78, 5) is 9.62. The Balaban J connectivity index is 2.14. The van der Waals surface area contributed by atoms with E-state index in [2.05, 4.69) is 9.97 Å². The summed E-state index contributed by atoms with van der Waals surface area (Å²) in [6.45, 7) is 1.92. The molecule has 2 aromatic rings. The normalized spacial score (nSPS) is 12.7. The highest BCUT2D eigenvalue weighted by molar-refractivity contribution is 7.99. The molecule has 2 rings (SSSR count). The molecule has 0 saturated carbocycles. The average Bonchev–Trinajstić information content (AvgIpc) is 2.65. The van der Waals surface area contributed by atoms with Crippen LogP contribution >= 0.6 is 11.8 Å². The van der Waals surface area contributed by atoms with Crippen molar-refractivity contribution in [2.45, 2.75) is 23.0 Å². The number of rotatable bonds is 3. The van der Waals surface area contributed by atoms with Gasteiger partial charge in [0.05, 0.1) is 5.69 Å². The zero-order valence-electron chi connectivity index (χ0n) is 9.29. The van der Waals surface area contributed by atoms with Crippen molar-refractivity contribution >= 4 is 11.8 Å². The monoisotopic (exact) mass is 234 g/mol. The molecule has 0 aliphatic carbocycles. The number of aryl methyl sites for hydroxylation is 1. The van der Waals surface area contributed by atoms with Gasteiger partial charge in [-0.05, 0) is 19.1 Å². The second-order valence-electron chi connectivity index (χ2n) is 3.63. The van der Waals surface area contributed by atoms with E-state index in [1.165, 1.54) is 0 Å². The molecule has 0 aromatic carbocycles. The topological polar surface area (TPSA) is 56.7 Å². The molecule has 84 valence electrons. The number of hydrogen-bond acceptors (Lipinski definition) is 4. The van der Waals surface area contributed by atoms with Crippen molar-refractivity contribution in [3.63, 3.8) is 0 Å². The Hall–Kier alpha value is -1.33. The van der Waals surface area contributed by atoms with Gasteiger partial charge in [0, 0.05) is 36.6 Å². The summed E-state index contributed by atoms with van der Waals surface area (Å²) in [7, 11) is 1.97. The average molecular weight is 234 g/mol. The SMILES string of the molecule is CC(N)c1ccc(Sc2nccn2C)cn1. The Kier molecular flexibility index (Phi) is 3.26. The second-order valence-corrected chi connectivity index (χ2v) is 4.67. The molecule has 0 saturated heterocycles. The van der Waals surface area contributed by atoms with Crippen LogP contribution in [-0.2, 0) is 7.05 Å². The van der Waals surface area contributed by atoms with Crippen molar-refractivity contribution in [3.05, 3.63) is 36.4 Å². The molecule has 1 unspecified atom stereocenters. The van der Waals surface area contributed by atoms with Gasteiger partial charge in [-0.3, -0.25) is 4.98 Å². The Morgan fingerprint density at radius 3 is 2.69 bits per heavy atom. The largest absolute Gasteiger partial charge is 0.329 e. The molecule has 2 N–H and O–H groups in total. The number of nitrogens with zero attached hydrogens (tertiary/aromatic N) is 3. The third-order valence-electron chi connectivity index (χ3n) is 2.21. The number of imidazole rings is 1. The molecule has 0 aliphatic heterocycles. The highest BCUT2D eigenvalue weighted by Gasteiger charge is 2.04. The number of nitrogens with two attached hydrogens (primary N) is 1. The number of pyridine rings is 1. The van der Waals surface area contributed by atoms with E-state index in [9.17, 15) is 0 Å². The first kappa shape index (κ1) is 11.2. The lowest BCUT2D eigenvalue weighted by molar-refractivity contribution is 0.775. The first-order chi connectivity index (χ1) is 7.66. The molecule has 5 heteroatoms. The Morgan fingerprint density at radius 2 is 2.19 bits per heavy atom. The van der Waals surface area contributed by atoms with Crippen molar-refractivity contribution in [1.82, 2.24) is 14.5 Å². The lowest BCUT2D eigenvalue weighted by atomic mass is 10.2. The van der Waals surface area contributed by atoms with Gasteiger partial charge in [-0.15, -0.1) is 0 Å². The van der Waals surface area contributed by atoms with E-state index < -0.39 is 0 Å². The van der Waals surface area contributed by atoms with Crippen LogP contribution in [0.15, 0.2) is 40.8 Å². The number of hydrogen-bond donors (Lipinski definition) is 1. The predicted octanol–water partition coefficient (Wildman–Crippen LogP) is 1.99. The van der Waals surface area contributed by atoms with E-state index >= 15 is 0 Å². The summed E-state index contributed by atoms with van der Waals surface area (Å²) in [5, 5.41) is 0.954. The molecular weight excluding hydrogens is 220 g/mol. The quantitative estimate of drug-likeness (QED) is 0.882. The third kappa shape index (κ3) is 2.43. The second kappa shape index (κ2) is 4.67. The zero-order valence-corrected chi connectivity index (χ0v) is 10.1. The summed E-state index contributed by atoms with van der Waals surface area (Å²) in [5.41, 5.74) is 6.64. The fourth-order valence-electron chi connectivity index (χ4n) is 1.28. The van der Waals surface area contributed by atoms with Crippen LogP contribution < -0.4 is 5.73 Å². The molecule has 0 bridgehead atoms. The van der Waals surface area contributed by atoms with Crippen LogP contribution in [-0.4, -0.2) is 14.5 Å². The van der Waals surface area contributed by atoms with Crippen LogP contribution in [0.3, 0.4) is 0 Å². The van der Waals surface area contributed by atoms with Gasteiger partial charge in [0.15, 0.2) is 5.16 Å². The van der Waals surface area contributed by atoms with Crippen LogP contribution in [0.4, 0.5) is 0 Å². The van der Waals surface area contributed by atoms with Crippen molar-refractivity contribution in [3.8, 4) is 0 Å². The molecule has 1 atom stereocenters. The maximum absolute atomic E-state index is 5.74. The lowest BCUT2D eigenvalue weighted by Crippen LogP contribution is -2.06. The molecule has 2 heterocycles. The molecule has 4 nitrogen and oxygen atoms in total. The molecule has 0 aliphatic rings.